The first-order chi connectivity index (χ1) is 30.7. The summed E-state index contributed by atoms with van der Waals surface area (Å²) < 4.78 is 89.8. The van der Waals surface area contributed by atoms with Gasteiger partial charge in [-0.2, -0.15) is 8.78 Å². The summed E-state index contributed by atoms with van der Waals surface area (Å²) >= 11 is 0.972. The van der Waals surface area contributed by atoms with Crippen LogP contribution in [-0.2, 0) is 66.8 Å². The fourth-order valence-corrected chi connectivity index (χ4v) is 10.6. The van der Waals surface area contributed by atoms with E-state index in [9.17, 15) is 33.3 Å². The molecular formula is C40H51F2N4O16PS. The summed E-state index contributed by atoms with van der Waals surface area (Å²) in [7, 11) is -3.01. The van der Waals surface area contributed by atoms with Crippen LogP contribution in [0.15, 0.2) is 24.3 Å². The lowest BCUT2D eigenvalue weighted by Gasteiger charge is -2.44. The third kappa shape index (κ3) is 10.8. The van der Waals surface area contributed by atoms with Crippen molar-refractivity contribution in [2.24, 2.45) is 17.8 Å². The molecule has 7 rings (SSSR count). The molecule has 4 saturated heterocycles. The molecule has 1 aromatic carbocycles. The molecule has 1 N–H and O–H groups in total. The SMILES string of the molecule is COCCOC(=O)OCOP(=O)(OCOC(=O)OCCOC)C(F)(F)c1ccc2sc(C(=O)N[C@H]3C[C@@H]4C[C@@H]4C[C@H]4CC[C@@H](C(=O)N5CC(C(=O)N6CCOCC6)C5)N4C3=O)cc2c1. The third-order valence-corrected chi connectivity index (χ3v) is 14.9. The summed E-state index contributed by atoms with van der Waals surface area (Å²) in [5.74, 6) is -0.932. The van der Waals surface area contributed by atoms with Gasteiger partial charge in [0.1, 0.15) is 25.3 Å². The molecule has 24 heteroatoms. The summed E-state index contributed by atoms with van der Waals surface area (Å²) in [5, 5.41) is 3.01. The van der Waals surface area contributed by atoms with Crippen molar-refractivity contribution < 1.29 is 84.3 Å². The summed E-state index contributed by atoms with van der Waals surface area (Å²) in [6.07, 6.45) is 0.466. The van der Waals surface area contributed by atoms with E-state index in [0.717, 1.165) is 36.3 Å². The number of hydrogen-bond acceptors (Lipinski definition) is 17. The zero-order valence-corrected chi connectivity index (χ0v) is 37.0. The lowest BCUT2D eigenvalue weighted by molar-refractivity contribution is -0.156. The first kappa shape index (κ1) is 47.5. The van der Waals surface area contributed by atoms with Gasteiger partial charge in [0, 0.05) is 56.7 Å². The summed E-state index contributed by atoms with van der Waals surface area (Å²) in [4.78, 5) is 84.0. The van der Waals surface area contributed by atoms with Gasteiger partial charge >= 0.3 is 25.6 Å². The van der Waals surface area contributed by atoms with Crippen LogP contribution in [0.2, 0.25) is 0 Å². The predicted molar refractivity (Wildman–Crippen MR) is 217 cm³/mol. The molecule has 1 saturated carbocycles. The Morgan fingerprint density at radius 3 is 2.11 bits per heavy atom. The fraction of sp³-hybridized carbons (Fsp3) is 0.650. The van der Waals surface area contributed by atoms with Crippen molar-refractivity contribution in [2.45, 2.75) is 55.9 Å². The molecule has 4 amide bonds. The Bertz CT molecular complexity index is 2070. The molecule has 64 heavy (non-hydrogen) atoms. The molecule has 0 bridgehead atoms. The van der Waals surface area contributed by atoms with Gasteiger partial charge in [0.25, 0.3) is 5.91 Å². The normalized spacial score (nSPS) is 23.6. The Balaban J connectivity index is 1.02. The number of alkyl halides is 2. The number of amides is 4. The van der Waals surface area contributed by atoms with E-state index in [2.05, 4.69) is 24.3 Å². The van der Waals surface area contributed by atoms with Gasteiger partial charge in [-0.05, 0) is 67.5 Å². The number of hydrogen-bond donors (Lipinski definition) is 1. The molecule has 0 unspecified atom stereocenters. The lowest BCUT2D eigenvalue weighted by atomic mass is 9.96. The van der Waals surface area contributed by atoms with Gasteiger partial charge in [-0.25, -0.2) is 9.59 Å². The number of carbonyl (C=O) groups is 6. The first-order valence-electron chi connectivity index (χ1n) is 20.9. The van der Waals surface area contributed by atoms with Crippen LogP contribution in [0.3, 0.4) is 0 Å². The van der Waals surface area contributed by atoms with E-state index in [4.69, 9.17) is 23.3 Å². The van der Waals surface area contributed by atoms with Gasteiger partial charge in [0.15, 0.2) is 0 Å². The van der Waals surface area contributed by atoms with Crippen molar-refractivity contribution in [2.75, 3.05) is 93.6 Å². The second kappa shape index (κ2) is 20.8. The summed E-state index contributed by atoms with van der Waals surface area (Å²) in [6.45, 7) is -0.550. The monoisotopic (exact) mass is 944 g/mol. The molecule has 20 nitrogen and oxygen atoms in total. The molecule has 4 aliphatic heterocycles. The van der Waals surface area contributed by atoms with Gasteiger partial charge in [-0.1, -0.05) is 6.07 Å². The van der Waals surface area contributed by atoms with E-state index >= 15 is 8.78 Å². The topological polar surface area (TPSA) is 224 Å². The van der Waals surface area contributed by atoms with Crippen molar-refractivity contribution >= 4 is 65.0 Å². The number of morpholine rings is 1. The largest absolute Gasteiger partial charge is 0.510 e. The number of fused-ring (bicyclic) bond motifs is 3. The van der Waals surface area contributed by atoms with E-state index in [1.165, 1.54) is 26.4 Å². The lowest BCUT2D eigenvalue weighted by Crippen LogP contribution is -2.62. The van der Waals surface area contributed by atoms with Gasteiger partial charge < -0.3 is 53.2 Å². The van der Waals surface area contributed by atoms with E-state index in [0.29, 0.717) is 56.2 Å². The molecule has 5 aliphatic rings. The van der Waals surface area contributed by atoms with Crippen molar-refractivity contribution in [3.63, 3.8) is 0 Å². The minimum absolute atomic E-state index is 0.00326. The summed E-state index contributed by atoms with van der Waals surface area (Å²) in [5.41, 5.74) is -5.34. The Labute approximate surface area is 370 Å². The van der Waals surface area contributed by atoms with Gasteiger partial charge in [0.05, 0.1) is 37.2 Å². The number of likely N-dealkylation sites (tertiary alicyclic amines) is 1. The molecule has 352 valence electrons. The van der Waals surface area contributed by atoms with Crippen molar-refractivity contribution in [3.8, 4) is 0 Å². The van der Waals surface area contributed by atoms with Crippen molar-refractivity contribution in [1.82, 2.24) is 20.0 Å². The molecule has 0 spiro atoms. The summed E-state index contributed by atoms with van der Waals surface area (Å²) in [6, 6.07) is 2.69. The van der Waals surface area contributed by atoms with Crippen LogP contribution in [0.4, 0.5) is 18.4 Å². The Kier molecular flexibility index (Phi) is 15.4. The Morgan fingerprint density at radius 2 is 1.47 bits per heavy atom. The molecule has 0 radical (unpaired) electrons. The van der Waals surface area contributed by atoms with Crippen LogP contribution in [0.5, 0.6) is 0 Å². The molecule has 1 aliphatic carbocycles. The minimum Gasteiger partial charge on any atom is -0.432 e. The van der Waals surface area contributed by atoms with Crippen molar-refractivity contribution in [3.05, 3.63) is 34.7 Å². The molecule has 5 fully saturated rings. The van der Waals surface area contributed by atoms with Gasteiger partial charge in [-0.15, -0.1) is 11.3 Å². The third-order valence-electron chi connectivity index (χ3n) is 11.9. The number of thiophene rings is 1. The maximum Gasteiger partial charge on any atom is 0.510 e. The highest BCUT2D eigenvalue weighted by molar-refractivity contribution is 7.54. The molecular weight excluding hydrogens is 893 g/mol. The van der Waals surface area contributed by atoms with E-state index in [1.54, 1.807) is 14.7 Å². The quantitative estimate of drug-likeness (QED) is 0.0969. The minimum atomic E-state index is -5.71. The average Bonchev–Trinajstić information content (AvgIpc) is 3.61. The van der Waals surface area contributed by atoms with Gasteiger partial charge in [0.2, 0.25) is 31.3 Å². The Hall–Kier alpha value is -4.51. The number of halogens is 2. The van der Waals surface area contributed by atoms with Crippen LogP contribution >= 0.6 is 18.9 Å². The van der Waals surface area contributed by atoms with E-state index in [1.807, 2.05) is 0 Å². The molecule has 1 aromatic heterocycles. The number of nitrogens with one attached hydrogen (secondary N) is 1. The average molecular weight is 945 g/mol. The standard InChI is InChI=1S/C40H51F2N4O16PS/c1-54-11-13-57-38(51)59-22-61-63(53,62-23-60-39(52)58-14-12-55-2)40(41,42)28-3-6-32-26(16-28)19-33(64-32)34(47)43-30-18-25-15-24(25)17-29-4-5-31(46(29)36(30)49)37(50)45-20-27(21-45)35(48)44-7-9-56-10-8-44/h3,6,16,19,24-25,27,29-31H,4-5,7-15,17-18,20-23H2,1-2H3,(H,43,47)/t24-,25+,29-,30+,31+/m1/s1. The van der Waals surface area contributed by atoms with Crippen LogP contribution in [-0.4, -0.2) is 162 Å². The van der Waals surface area contributed by atoms with Crippen LogP contribution in [0.1, 0.15) is 47.3 Å². The number of benzene rings is 1. The van der Waals surface area contributed by atoms with E-state index in [-0.39, 0.29) is 85.4 Å². The van der Waals surface area contributed by atoms with Gasteiger partial charge in [-0.3, -0.25) is 32.8 Å². The number of methoxy groups -OCH3 is 2. The molecule has 5 atom stereocenters. The highest BCUT2D eigenvalue weighted by atomic mass is 32.1. The molecule has 5 heterocycles. The zero-order chi connectivity index (χ0) is 45.6. The molecule has 2 aromatic rings. The Morgan fingerprint density at radius 1 is 0.828 bits per heavy atom. The maximum absolute atomic E-state index is 16.3. The number of nitrogens with zero attached hydrogens (tertiary/aromatic N) is 3. The maximum atomic E-state index is 16.3. The predicted octanol–water partition coefficient (Wildman–Crippen LogP) is 3.90. The second-order valence-electron chi connectivity index (χ2n) is 16.0. The smallest absolute Gasteiger partial charge is 0.432 e. The zero-order valence-electron chi connectivity index (χ0n) is 35.3. The van der Waals surface area contributed by atoms with Crippen LogP contribution in [0, 0.1) is 17.8 Å². The van der Waals surface area contributed by atoms with Crippen LogP contribution < -0.4 is 5.32 Å². The first-order valence-corrected chi connectivity index (χ1v) is 23.2. The van der Waals surface area contributed by atoms with Crippen LogP contribution in [0.25, 0.3) is 10.1 Å². The highest BCUT2D eigenvalue weighted by Crippen LogP contribution is 2.67. The number of rotatable bonds is 18. The highest BCUT2D eigenvalue weighted by Gasteiger charge is 2.56. The van der Waals surface area contributed by atoms with Crippen molar-refractivity contribution in [1.29, 1.82) is 0 Å². The number of ether oxygens (including phenoxy) is 7. The second-order valence-corrected chi connectivity index (χ2v) is 19.1. The number of carbonyl (C=O) groups excluding carboxylic acids is 6. The van der Waals surface area contributed by atoms with E-state index < -0.39 is 62.7 Å². The fourth-order valence-electron chi connectivity index (χ4n) is 8.42.